The van der Waals surface area contributed by atoms with Gasteiger partial charge in [0.1, 0.15) is 5.75 Å². The third kappa shape index (κ3) is 10.7. The SMILES string of the molecule is CCOC(=O)OC(=O)CCCCCCCCCCc1ccc(OC)cc1. The molecule has 0 unspecified atom stereocenters. The van der Waals surface area contributed by atoms with Crippen molar-refractivity contribution >= 4 is 12.1 Å². The first-order valence-electron chi connectivity index (χ1n) is 9.66. The van der Waals surface area contributed by atoms with Crippen molar-refractivity contribution in [2.75, 3.05) is 13.7 Å². The lowest BCUT2D eigenvalue weighted by Crippen LogP contribution is -2.13. The predicted molar refractivity (Wildman–Crippen MR) is 101 cm³/mol. The van der Waals surface area contributed by atoms with E-state index < -0.39 is 12.1 Å². The van der Waals surface area contributed by atoms with Crippen LogP contribution in [0.4, 0.5) is 4.79 Å². The number of unbranched alkanes of at least 4 members (excludes halogenated alkanes) is 7. The molecule has 0 aliphatic heterocycles. The molecule has 0 aliphatic rings. The summed E-state index contributed by atoms with van der Waals surface area (Å²) in [6, 6.07) is 8.28. The second-order valence-corrected chi connectivity index (χ2v) is 6.33. The number of aryl methyl sites for hydroxylation is 1. The number of esters is 1. The molecule has 0 aliphatic carbocycles. The van der Waals surface area contributed by atoms with E-state index in [4.69, 9.17) is 4.74 Å². The average molecular weight is 364 g/mol. The highest BCUT2D eigenvalue weighted by atomic mass is 16.7. The fourth-order valence-electron chi connectivity index (χ4n) is 2.74. The van der Waals surface area contributed by atoms with E-state index in [0.717, 1.165) is 31.4 Å². The normalized spacial score (nSPS) is 10.4. The number of hydrogen-bond acceptors (Lipinski definition) is 5. The first-order chi connectivity index (χ1) is 12.7. The Hall–Kier alpha value is -2.04. The van der Waals surface area contributed by atoms with Crippen molar-refractivity contribution in [1.82, 2.24) is 0 Å². The van der Waals surface area contributed by atoms with Crippen LogP contribution in [0.5, 0.6) is 5.75 Å². The summed E-state index contributed by atoms with van der Waals surface area (Å²) in [6.07, 6.45) is 9.50. The number of methoxy groups -OCH3 is 1. The van der Waals surface area contributed by atoms with Gasteiger partial charge in [-0.05, 0) is 43.9 Å². The van der Waals surface area contributed by atoms with Crippen LogP contribution in [0.3, 0.4) is 0 Å². The van der Waals surface area contributed by atoms with Gasteiger partial charge in [0.2, 0.25) is 0 Å². The molecular weight excluding hydrogens is 332 g/mol. The van der Waals surface area contributed by atoms with E-state index in [0.29, 0.717) is 0 Å². The van der Waals surface area contributed by atoms with Crippen molar-refractivity contribution < 1.29 is 23.8 Å². The van der Waals surface area contributed by atoms with Crippen LogP contribution >= 0.6 is 0 Å². The fraction of sp³-hybridized carbons (Fsp3) is 0.619. The summed E-state index contributed by atoms with van der Waals surface area (Å²) in [6.45, 7) is 1.89. The lowest BCUT2D eigenvalue weighted by molar-refractivity contribution is -0.139. The molecule has 0 N–H and O–H groups in total. The molecular formula is C21H32O5. The zero-order valence-corrected chi connectivity index (χ0v) is 16.1. The summed E-state index contributed by atoms with van der Waals surface area (Å²) in [7, 11) is 1.68. The van der Waals surface area contributed by atoms with Gasteiger partial charge in [0, 0.05) is 6.42 Å². The van der Waals surface area contributed by atoms with E-state index in [1.54, 1.807) is 14.0 Å². The zero-order valence-electron chi connectivity index (χ0n) is 16.1. The van der Waals surface area contributed by atoms with Gasteiger partial charge in [-0.25, -0.2) is 4.79 Å². The van der Waals surface area contributed by atoms with Crippen molar-refractivity contribution in [2.24, 2.45) is 0 Å². The molecule has 1 aromatic carbocycles. The van der Waals surface area contributed by atoms with Crippen LogP contribution in [0.1, 0.15) is 70.3 Å². The van der Waals surface area contributed by atoms with Gasteiger partial charge >= 0.3 is 12.1 Å². The first-order valence-corrected chi connectivity index (χ1v) is 9.66. The molecule has 5 nitrogen and oxygen atoms in total. The number of carbonyl (C=O) groups is 2. The van der Waals surface area contributed by atoms with Gasteiger partial charge in [0.15, 0.2) is 0 Å². The number of hydrogen-bond donors (Lipinski definition) is 0. The summed E-state index contributed by atoms with van der Waals surface area (Å²) in [5.74, 6) is 0.407. The summed E-state index contributed by atoms with van der Waals surface area (Å²) in [5, 5.41) is 0. The Balaban J connectivity index is 1.90. The van der Waals surface area contributed by atoms with E-state index >= 15 is 0 Å². The molecule has 0 bridgehead atoms. The molecule has 0 radical (unpaired) electrons. The van der Waals surface area contributed by atoms with Crippen molar-refractivity contribution in [3.8, 4) is 5.75 Å². The molecule has 0 atom stereocenters. The molecule has 5 heteroatoms. The highest BCUT2D eigenvalue weighted by molar-refractivity contribution is 5.81. The second-order valence-electron chi connectivity index (χ2n) is 6.33. The standard InChI is InChI=1S/C21H32O5/c1-3-25-21(23)26-20(22)13-11-9-7-5-4-6-8-10-12-18-14-16-19(24-2)17-15-18/h14-17H,3-13H2,1-2H3. The monoisotopic (exact) mass is 364 g/mol. The van der Waals surface area contributed by atoms with Crippen LogP contribution in [0, 0.1) is 0 Å². The molecule has 0 aromatic heterocycles. The van der Waals surface area contributed by atoms with Crippen molar-refractivity contribution in [3.63, 3.8) is 0 Å². The molecule has 0 heterocycles. The smallest absolute Gasteiger partial charge is 0.497 e. The molecule has 0 spiro atoms. The van der Waals surface area contributed by atoms with Crippen LogP contribution in [-0.4, -0.2) is 25.8 Å². The topological polar surface area (TPSA) is 61.8 Å². The third-order valence-corrected chi connectivity index (χ3v) is 4.21. The van der Waals surface area contributed by atoms with Gasteiger partial charge in [-0.1, -0.05) is 50.7 Å². The van der Waals surface area contributed by atoms with Gasteiger partial charge < -0.3 is 14.2 Å². The predicted octanol–water partition coefficient (Wildman–Crippen LogP) is 5.45. The molecule has 1 rings (SSSR count). The summed E-state index contributed by atoms with van der Waals surface area (Å²) >= 11 is 0. The lowest BCUT2D eigenvalue weighted by atomic mass is 10.0. The van der Waals surface area contributed by atoms with Crippen LogP contribution in [0.2, 0.25) is 0 Å². The van der Waals surface area contributed by atoms with Crippen LogP contribution in [0.25, 0.3) is 0 Å². The van der Waals surface area contributed by atoms with Crippen LogP contribution < -0.4 is 4.74 Å². The van der Waals surface area contributed by atoms with Gasteiger partial charge in [0.05, 0.1) is 13.7 Å². The quantitative estimate of drug-likeness (QED) is 0.265. The molecule has 26 heavy (non-hydrogen) atoms. The Kier molecular flexibility index (Phi) is 12.0. The van der Waals surface area contributed by atoms with E-state index in [-0.39, 0.29) is 13.0 Å². The number of carbonyl (C=O) groups excluding carboxylic acids is 2. The maximum absolute atomic E-state index is 11.4. The Morgan fingerprint density at radius 3 is 2.00 bits per heavy atom. The number of ether oxygens (including phenoxy) is 3. The maximum Gasteiger partial charge on any atom is 0.516 e. The lowest BCUT2D eigenvalue weighted by Gasteiger charge is -2.05. The molecule has 0 saturated heterocycles. The minimum absolute atomic E-state index is 0.214. The number of rotatable bonds is 13. The van der Waals surface area contributed by atoms with Crippen molar-refractivity contribution in [1.29, 1.82) is 0 Å². The largest absolute Gasteiger partial charge is 0.516 e. The molecule has 0 saturated carbocycles. The maximum atomic E-state index is 11.4. The van der Waals surface area contributed by atoms with Gasteiger partial charge in [-0.2, -0.15) is 0 Å². The molecule has 0 fully saturated rings. The molecule has 1 aromatic rings. The highest BCUT2D eigenvalue weighted by Crippen LogP contribution is 2.15. The Bertz CT molecular complexity index is 510. The Morgan fingerprint density at radius 1 is 0.846 bits per heavy atom. The molecule has 0 amide bonds. The number of benzene rings is 1. The zero-order chi connectivity index (χ0) is 19.0. The Labute approximate surface area is 157 Å². The van der Waals surface area contributed by atoms with Crippen LogP contribution in [-0.2, 0) is 20.7 Å². The summed E-state index contributed by atoms with van der Waals surface area (Å²) < 4.78 is 14.2. The van der Waals surface area contributed by atoms with E-state index in [1.165, 1.54) is 37.7 Å². The highest BCUT2D eigenvalue weighted by Gasteiger charge is 2.10. The van der Waals surface area contributed by atoms with E-state index in [9.17, 15) is 9.59 Å². The van der Waals surface area contributed by atoms with Crippen molar-refractivity contribution in [2.45, 2.75) is 71.1 Å². The van der Waals surface area contributed by atoms with Gasteiger partial charge in [-0.15, -0.1) is 0 Å². The Morgan fingerprint density at radius 2 is 1.42 bits per heavy atom. The minimum Gasteiger partial charge on any atom is -0.497 e. The van der Waals surface area contributed by atoms with Gasteiger partial charge in [0.25, 0.3) is 0 Å². The fourth-order valence-corrected chi connectivity index (χ4v) is 2.74. The second kappa shape index (κ2) is 14.2. The van der Waals surface area contributed by atoms with Crippen molar-refractivity contribution in [3.05, 3.63) is 29.8 Å². The molecule has 146 valence electrons. The van der Waals surface area contributed by atoms with E-state index in [1.807, 2.05) is 12.1 Å². The first kappa shape index (κ1) is 22.0. The van der Waals surface area contributed by atoms with E-state index in [2.05, 4.69) is 21.6 Å². The minimum atomic E-state index is -0.896. The summed E-state index contributed by atoms with van der Waals surface area (Å²) in [4.78, 5) is 22.3. The average Bonchev–Trinajstić information content (AvgIpc) is 2.64. The van der Waals surface area contributed by atoms with Crippen LogP contribution in [0.15, 0.2) is 24.3 Å². The summed E-state index contributed by atoms with van der Waals surface area (Å²) in [5.41, 5.74) is 1.36. The van der Waals surface area contributed by atoms with Gasteiger partial charge in [-0.3, -0.25) is 4.79 Å². The third-order valence-electron chi connectivity index (χ3n) is 4.21.